The Labute approximate surface area is 201 Å². The van der Waals surface area contributed by atoms with Gasteiger partial charge >= 0.3 is 0 Å². The molecule has 170 valence electrons. The van der Waals surface area contributed by atoms with Crippen LogP contribution in [0.3, 0.4) is 0 Å². The van der Waals surface area contributed by atoms with Crippen LogP contribution < -0.4 is 10.1 Å². The number of hydrogen-bond acceptors (Lipinski definition) is 7. The van der Waals surface area contributed by atoms with E-state index in [1.165, 1.54) is 39.8 Å². The molecular weight excluding hydrogens is 454 g/mol. The molecule has 0 aliphatic carbocycles. The van der Waals surface area contributed by atoms with Crippen molar-refractivity contribution in [2.75, 3.05) is 11.1 Å². The summed E-state index contributed by atoms with van der Waals surface area (Å²) in [5, 5.41) is 14.4. The van der Waals surface area contributed by atoms with E-state index in [0.717, 1.165) is 17.0 Å². The Morgan fingerprint density at radius 3 is 2.64 bits per heavy atom. The third kappa shape index (κ3) is 5.80. The Kier molecular flexibility index (Phi) is 7.10. The number of anilines is 1. The first-order valence-electron chi connectivity index (χ1n) is 10.4. The summed E-state index contributed by atoms with van der Waals surface area (Å²) < 4.78 is 7.70. The smallest absolute Gasteiger partial charge is 0.236 e. The zero-order chi connectivity index (χ0) is 23.4. The van der Waals surface area contributed by atoms with Crippen LogP contribution in [0.15, 0.2) is 53.0 Å². The summed E-state index contributed by atoms with van der Waals surface area (Å²) in [4.78, 5) is 16.9. The second-order valence-electron chi connectivity index (χ2n) is 7.73. The summed E-state index contributed by atoms with van der Waals surface area (Å²) in [5.74, 6) is 1.56. The van der Waals surface area contributed by atoms with Gasteiger partial charge in [-0.25, -0.2) is 4.98 Å². The molecule has 33 heavy (non-hydrogen) atoms. The van der Waals surface area contributed by atoms with Crippen LogP contribution in [-0.2, 0) is 18.4 Å². The normalized spacial score (nSPS) is 10.9. The summed E-state index contributed by atoms with van der Waals surface area (Å²) in [5.41, 5.74) is 5.48. The number of aryl methyl sites for hydroxylation is 3. The highest BCUT2D eigenvalue weighted by Crippen LogP contribution is 2.26. The molecule has 2 aromatic carbocycles. The lowest BCUT2D eigenvalue weighted by atomic mass is 10.1. The van der Waals surface area contributed by atoms with Crippen molar-refractivity contribution in [1.82, 2.24) is 19.7 Å². The predicted molar refractivity (Wildman–Crippen MR) is 133 cm³/mol. The number of ether oxygens (including phenoxy) is 1. The lowest BCUT2D eigenvalue weighted by molar-refractivity contribution is -0.113. The quantitative estimate of drug-likeness (QED) is 0.351. The Morgan fingerprint density at radius 1 is 1.09 bits per heavy atom. The fraction of sp³-hybridized carbons (Fsp3) is 0.250. The molecule has 1 N–H and O–H groups in total. The van der Waals surface area contributed by atoms with Crippen molar-refractivity contribution in [2.45, 2.75) is 32.5 Å². The molecule has 0 saturated heterocycles. The SMILES string of the molecule is Cc1ccc(-c2csc(NC(=O)CSc3nnc(COc4ccc(C)c(C)c4)n3C)n2)cc1. The molecule has 0 spiro atoms. The van der Waals surface area contributed by atoms with Gasteiger partial charge in [0, 0.05) is 18.0 Å². The number of nitrogens with zero attached hydrogens (tertiary/aromatic N) is 4. The number of thiazole rings is 1. The molecule has 4 aromatic rings. The van der Waals surface area contributed by atoms with E-state index in [4.69, 9.17) is 4.74 Å². The number of carbonyl (C=O) groups is 1. The van der Waals surface area contributed by atoms with E-state index in [1.807, 2.05) is 66.4 Å². The highest BCUT2D eigenvalue weighted by atomic mass is 32.2. The number of hydrogen-bond donors (Lipinski definition) is 1. The number of amides is 1. The van der Waals surface area contributed by atoms with Crippen molar-refractivity contribution in [3.05, 3.63) is 70.4 Å². The van der Waals surface area contributed by atoms with E-state index >= 15 is 0 Å². The van der Waals surface area contributed by atoms with Gasteiger partial charge in [-0.3, -0.25) is 4.79 Å². The molecule has 0 radical (unpaired) electrons. The number of carbonyl (C=O) groups excluding carboxylic acids is 1. The molecule has 7 nitrogen and oxygen atoms in total. The first-order valence-corrected chi connectivity index (χ1v) is 12.3. The topological polar surface area (TPSA) is 81.9 Å². The lowest BCUT2D eigenvalue weighted by Crippen LogP contribution is -2.14. The van der Waals surface area contributed by atoms with E-state index in [-0.39, 0.29) is 11.7 Å². The van der Waals surface area contributed by atoms with Gasteiger partial charge in [0.25, 0.3) is 0 Å². The van der Waals surface area contributed by atoms with Gasteiger partial charge in [-0.05, 0) is 44.0 Å². The van der Waals surface area contributed by atoms with Gasteiger partial charge in [-0.2, -0.15) is 0 Å². The molecule has 1 amide bonds. The number of benzene rings is 2. The molecule has 0 aliphatic rings. The van der Waals surface area contributed by atoms with E-state index in [2.05, 4.69) is 34.3 Å². The highest BCUT2D eigenvalue weighted by Gasteiger charge is 2.14. The largest absolute Gasteiger partial charge is 0.486 e. The van der Waals surface area contributed by atoms with E-state index < -0.39 is 0 Å². The lowest BCUT2D eigenvalue weighted by Gasteiger charge is -2.08. The van der Waals surface area contributed by atoms with Crippen LogP contribution in [-0.4, -0.2) is 31.4 Å². The van der Waals surface area contributed by atoms with Crippen LogP contribution in [0.1, 0.15) is 22.5 Å². The van der Waals surface area contributed by atoms with Crippen LogP contribution in [0.25, 0.3) is 11.3 Å². The molecule has 0 atom stereocenters. The van der Waals surface area contributed by atoms with Gasteiger partial charge in [0.05, 0.1) is 11.4 Å². The minimum Gasteiger partial charge on any atom is -0.486 e. The van der Waals surface area contributed by atoms with Crippen LogP contribution in [0.4, 0.5) is 5.13 Å². The molecule has 0 bridgehead atoms. The average Bonchev–Trinajstić information content (AvgIpc) is 3.40. The fourth-order valence-corrected chi connectivity index (χ4v) is 4.49. The Hall–Kier alpha value is -3.17. The molecular formula is C24H25N5O2S2. The third-order valence-electron chi connectivity index (χ3n) is 5.20. The second-order valence-corrected chi connectivity index (χ2v) is 9.53. The van der Waals surface area contributed by atoms with Gasteiger partial charge < -0.3 is 14.6 Å². The zero-order valence-corrected chi connectivity index (χ0v) is 20.6. The predicted octanol–water partition coefficient (Wildman–Crippen LogP) is 5.17. The number of nitrogens with one attached hydrogen (secondary N) is 1. The number of aromatic nitrogens is 4. The molecule has 2 heterocycles. The summed E-state index contributed by atoms with van der Waals surface area (Å²) in [6.07, 6.45) is 0. The van der Waals surface area contributed by atoms with Crippen molar-refractivity contribution >= 4 is 34.1 Å². The minimum atomic E-state index is -0.138. The van der Waals surface area contributed by atoms with Crippen LogP contribution >= 0.6 is 23.1 Å². The summed E-state index contributed by atoms with van der Waals surface area (Å²) in [6.45, 7) is 6.48. The molecule has 4 rings (SSSR count). The third-order valence-corrected chi connectivity index (χ3v) is 6.98. The first-order chi connectivity index (χ1) is 15.9. The zero-order valence-electron chi connectivity index (χ0n) is 19.0. The molecule has 9 heteroatoms. The van der Waals surface area contributed by atoms with Gasteiger partial charge in [0.2, 0.25) is 5.91 Å². The van der Waals surface area contributed by atoms with Crippen LogP contribution in [0.5, 0.6) is 5.75 Å². The van der Waals surface area contributed by atoms with Crippen molar-refractivity contribution in [2.24, 2.45) is 7.05 Å². The fourth-order valence-electron chi connectivity index (χ4n) is 3.02. The second kappa shape index (κ2) is 10.2. The maximum atomic E-state index is 12.4. The van der Waals surface area contributed by atoms with E-state index in [0.29, 0.717) is 22.7 Å². The highest BCUT2D eigenvalue weighted by molar-refractivity contribution is 7.99. The van der Waals surface area contributed by atoms with Gasteiger partial charge in [-0.1, -0.05) is 47.7 Å². The first kappa shape index (κ1) is 23.0. The molecule has 0 saturated carbocycles. The minimum absolute atomic E-state index is 0.138. The van der Waals surface area contributed by atoms with E-state index in [9.17, 15) is 4.79 Å². The summed E-state index contributed by atoms with van der Waals surface area (Å²) in [7, 11) is 1.87. The van der Waals surface area contributed by atoms with Gasteiger partial charge in [0.15, 0.2) is 16.1 Å². The standard InChI is InChI=1S/C24H25N5O2S2/c1-15-5-8-18(9-6-15)20-13-32-23(25-20)26-22(30)14-33-24-28-27-21(29(24)4)12-31-19-10-7-16(2)17(3)11-19/h5-11,13H,12,14H2,1-4H3,(H,25,26,30). The molecule has 0 unspecified atom stereocenters. The maximum Gasteiger partial charge on any atom is 0.236 e. The summed E-state index contributed by atoms with van der Waals surface area (Å²) >= 11 is 2.73. The number of rotatable bonds is 8. The Bertz CT molecular complexity index is 1260. The average molecular weight is 480 g/mol. The Balaban J connectivity index is 1.29. The number of thioether (sulfide) groups is 1. The van der Waals surface area contributed by atoms with Crippen molar-refractivity contribution in [3.63, 3.8) is 0 Å². The maximum absolute atomic E-state index is 12.4. The van der Waals surface area contributed by atoms with E-state index in [1.54, 1.807) is 0 Å². The van der Waals surface area contributed by atoms with Crippen LogP contribution in [0, 0.1) is 20.8 Å². The van der Waals surface area contributed by atoms with Crippen molar-refractivity contribution in [1.29, 1.82) is 0 Å². The van der Waals surface area contributed by atoms with Crippen molar-refractivity contribution < 1.29 is 9.53 Å². The van der Waals surface area contributed by atoms with Crippen molar-refractivity contribution in [3.8, 4) is 17.0 Å². The van der Waals surface area contributed by atoms with Gasteiger partial charge in [0.1, 0.15) is 12.4 Å². The van der Waals surface area contributed by atoms with Crippen LogP contribution in [0.2, 0.25) is 0 Å². The monoisotopic (exact) mass is 479 g/mol. The molecule has 0 aliphatic heterocycles. The molecule has 0 fully saturated rings. The Morgan fingerprint density at radius 2 is 1.88 bits per heavy atom. The molecule has 2 aromatic heterocycles. The van der Waals surface area contributed by atoms with Gasteiger partial charge in [-0.15, -0.1) is 21.5 Å². The summed E-state index contributed by atoms with van der Waals surface area (Å²) in [6, 6.07) is 14.1.